The summed E-state index contributed by atoms with van der Waals surface area (Å²) in [6, 6.07) is 9.89. The Morgan fingerprint density at radius 1 is 1.27 bits per heavy atom. The van der Waals surface area contributed by atoms with Gasteiger partial charge in [-0.3, -0.25) is 24.6 Å². The largest absolute Gasteiger partial charge is 0.480 e. The van der Waals surface area contributed by atoms with Crippen molar-refractivity contribution in [2.75, 3.05) is 6.54 Å². The lowest BCUT2D eigenvalue weighted by Gasteiger charge is -2.09. The number of thioether (sulfide) groups is 1. The molecule has 0 spiro atoms. The van der Waals surface area contributed by atoms with Crippen LogP contribution in [0.25, 0.3) is 16.5 Å². The summed E-state index contributed by atoms with van der Waals surface area (Å²) >= 11 is 7.54. The Bertz CT molecular complexity index is 949. The van der Waals surface area contributed by atoms with Crippen LogP contribution < -0.4 is 0 Å². The van der Waals surface area contributed by atoms with E-state index >= 15 is 0 Å². The second-order valence-electron chi connectivity index (χ2n) is 5.17. The van der Waals surface area contributed by atoms with Crippen LogP contribution in [0.15, 0.2) is 41.3 Å². The summed E-state index contributed by atoms with van der Waals surface area (Å²) in [5.74, 6) is -1.55. The second-order valence-corrected chi connectivity index (χ2v) is 7.96. The van der Waals surface area contributed by atoms with E-state index in [0.29, 0.717) is 4.91 Å². The van der Waals surface area contributed by atoms with E-state index in [-0.39, 0.29) is 10.0 Å². The van der Waals surface area contributed by atoms with Gasteiger partial charge in [0.2, 0.25) is 0 Å². The fourth-order valence-electron chi connectivity index (χ4n) is 2.23. The van der Waals surface area contributed by atoms with E-state index in [4.69, 9.17) is 17.3 Å². The van der Waals surface area contributed by atoms with Crippen LogP contribution in [-0.2, 0) is 9.59 Å². The number of non-ortho nitro benzene ring substituents is 1. The highest BCUT2D eigenvalue weighted by Gasteiger charge is 2.33. The minimum Gasteiger partial charge on any atom is -0.480 e. The molecule has 10 heteroatoms. The molecule has 1 aliphatic heterocycles. The molecule has 7 nitrogen and oxygen atoms in total. The number of thiocarbonyl (C=S) groups is 1. The van der Waals surface area contributed by atoms with Crippen molar-refractivity contribution in [1.82, 2.24) is 4.90 Å². The number of hydrogen-bond acceptors (Lipinski definition) is 7. The molecule has 132 valence electrons. The number of rotatable bonds is 5. The minimum atomic E-state index is -1.13. The van der Waals surface area contributed by atoms with Crippen molar-refractivity contribution >= 4 is 63.3 Å². The molecule has 26 heavy (non-hydrogen) atoms. The molecule has 2 aromatic rings. The Morgan fingerprint density at radius 2 is 1.96 bits per heavy atom. The SMILES string of the molecule is O=C(O)CN1C(=O)/C(=C/c2ccc(-c3ccc([N+](=O)[O-])cc3)s2)SC1=S. The highest BCUT2D eigenvalue weighted by molar-refractivity contribution is 8.26. The first-order valence-electron chi connectivity index (χ1n) is 7.17. The quantitative estimate of drug-likeness (QED) is 0.350. The standard InChI is InChI=1S/C16H10N2O5S3/c19-14(20)8-17-15(21)13(26-16(17)24)7-11-5-6-12(25-11)9-1-3-10(4-2-9)18(22)23/h1-7H,8H2,(H,19,20)/b13-7-. The molecule has 1 aromatic heterocycles. The minimum absolute atomic E-state index is 0.0210. The molecule has 0 saturated carbocycles. The van der Waals surface area contributed by atoms with Crippen molar-refractivity contribution in [1.29, 1.82) is 0 Å². The van der Waals surface area contributed by atoms with Gasteiger partial charge in [0.05, 0.1) is 9.83 Å². The topological polar surface area (TPSA) is 101 Å². The normalized spacial score (nSPS) is 15.7. The van der Waals surface area contributed by atoms with Crippen LogP contribution in [0.2, 0.25) is 0 Å². The molecule has 3 rings (SSSR count). The molecule has 0 radical (unpaired) electrons. The first kappa shape index (κ1) is 18.2. The maximum Gasteiger partial charge on any atom is 0.323 e. The summed E-state index contributed by atoms with van der Waals surface area (Å²) < 4.78 is 0.218. The van der Waals surface area contributed by atoms with Crippen molar-refractivity contribution in [2.45, 2.75) is 0 Å². The molecule has 1 aliphatic rings. The summed E-state index contributed by atoms with van der Waals surface area (Å²) in [7, 11) is 0. The fraction of sp³-hybridized carbons (Fsp3) is 0.0625. The molecule has 0 atom stereocenters. The zero-order chi connectivity index (χ0) is 18.8. The molecule has 2 heterocycles. The van der Waals surface area contributed by atoms with E-state index in [2.05, 4.69) is 0 Å². The Kier molecular flexibility index (Phi) is 5.16. The van der Waals surface area contributed by atoms with Crippen LogP contribution in [0.1, 0.15) is 4.88 Å². The van der Waals surface area contributed by atoms with E-state index in [1.165, 1.54) is 23.5 Å². The van der Waals surface area contributed by atoms with Gasteiger partial charge in [-0.25, -0.2) is 0 Å². The van der Waals surface area contributed by atoms with Gasteiger partial charge in [0, 0.05) is 21.9 Å². The smallest absolute Gasteiger partial charge is 0.323 e. The zero-order valence-electron chi connectivity index (χ0n) is 12.9. The molecular formula is C16H10N2O5S3. The van der Waals surface area contributed by atoms with Gasteiger partial charge in [-0.05, 0) is 35.9 Å². The number of carbonyl (C=O) groups is 2. The first-order chi connectivity index (χ1) is 12.3. The van der Waals surface area contributed by atoms with Crippen molar-refractivity contribution in [3.05, 3.63) is 56.3 Å². The van der Waals surface area contributed by atoms with Crippen molar-refractivity contribution < 1.29 is 19.6 Å². The molecule has 1 saturated heterocycles. The van der Waals surface area contributed by atoms with Gasteiger partial charge in [0.15, 0.2) is 0 Å². The number of nitro benzene ring substituents is 1. The third-order valence-electron chi connectivity index (χ3n) is 3.43. The monoisotopic (exact) mass is 406 g/mol. The number of benzene rings is 1. The molecule has 1 amide bonds. The number of carboxylic acid groups (broad SMARTS) is 1. The number of amides is 1. The van der Waals surface area contributed by atoms with Crippen LogP contribution in [0.4, 0.5) is 5.69 Å². The molecule has 0 aliphatic carbocycles. The van der Waals surface area contributed by atoms with Gasteiger partial charge >= 0.3 is 5.97 Å². The Hall–Kier alpha value is -2.56. The Labute approximate surface area is 161 Å². The van der Waals surface area contributed by atoms with Gasteiger partial charge < -0.3 is 5.11 Å². The molecule has 0 bridgehead atoms. The van der Waals surface area contributed by atoms with Gasteiger partial charge in [-0.2, -0.15) is 0 Å². The number of thiophene rings is 1. The predicted molar refractivity (Wildman–Crippen MR) is 104 cm³/mol. The average molecular weight is 406 g/mol. The summed E-state index contributed by atoms with van der Waals surface area (Å²) in [4.78, 5) is 36.5. The number of aliphatic carboxylic acids is 1. The lowest BCUT2D eigenvalue weighted by Crippen LogP contribution is -2.33. The van der Waals surface area contributed by atoms with E-state index in [1.807, 2.05) is 12.1 Å². The average Bonchev–Trinajstić information content (AvgIpc) is 3.15. The van der Waals surface area contributed by atoms with E-state index in [1.54, 1.807) is 18.2 Å². The highest BCUT2D eigenvalue weighted by Crippen LogP contribution is 2.35. The number of carboxylic acids is 1. The number of hydrogen-bond donors (Lipinski definition) is 1. The number of nitro groups is 1. The second kappa shape index (κ2) is 7.36. The van der Waals surface area contributed by atoms with Crippen LogP contribution in [0, 0.1) is 10.1 Å². The van der Waals surface area contributed by atoms with Crippen LogP contribution in [0.3, 0.4) is 0 Å². The molecule has 1 fully saturated rings. The van der Waals surface area contributed by atoms with E-state index in [9.17, 15) is 19.7 Å². The highest BCUT2D eigenvalue weighted by atomic mass is 32.2. The fourth-order valence-corrected chi connectivity index (χ4v) is 4.51. The zero-order valence-corrected chi connectivity index (χ0v) is 15.4. The summed E-state index contributed by atoms with van der Waals surface area (Å²) in [5, 5.41) is 19.6. The molecule has 1 aromatic carbocycles. The van der Waals surface area contributed by atoms with E-state index < -0.39 is 23.3 Å². The maximum absolute atomic E-state index is 12.3. The van der Waals surface area contributed by atoms with Crippen molar-refractivity contribution in [3.63, 3.8) is 0 Å². The summed E-state index contributed by atoms with van der Waals surface area (Å²) in [6.07, 6.45) is 1.67. The lowest BCUT2D eigenvalue weighted by molar-refractivity contribution is -0.384. The van der Waals surface area contributed by atoms with Crippen molar-refractivity contribution in [3.8, 4) is 10.4 Å². The van der Waals surface area contributed by atoms with Crippen LogP contribution in [-0.4, -0.2) is 37.7 Å². The predicted octanol–water partition coefficient (Wildman–Crippen LogP) is 3.61. The summed E-state index contributed by atoms with van der Waals surface area (Å²) in [6.45, 7) is -0.458. The first-order valence-corrected chi connectivity index (χ1v) is 9.21. The molecule has 1 N–H and O–H groups in total. The summed E-state index contributed by atoms with van der Waals surface area (Å²) in [5.41, 5.74) is 0.853. The van der Waals surface area contributed by atoms with Crippen LogP contribution in [0.5, 0.6) is 0 Å². The third kappa shape index (κ3) is 3.82. The van der Waals surface area contributed by atoms with Gasteiger partial charge in [-0.1, -0.05) is 24.0 Å². The maximum atomic E-state index is 12.3. The van der Waals surface area contributed by atoms with Crippen LogP contribution >= 0.6 is 35.3 Å². The van der Waals surface area contributed by atoms with Gasteiger partial charge in [0.25, 0.3) is 11.6 Å². The van der Waals surface area contributed by atoms with Gasteiger partial charge in [0.1, 0.15) is 10.9 Å². The third-order valence-corrected chi connectivity index (χ3v) is 5.89. The number of carbonyl (C=O) groups excluding carboxylic acids is 1. The van der Waals surface area contributed by atoms with Gasteiger partial charge in [-0.15, -0.1) is 11.3 Å². The Balaban J connectivity index is 1.81. The number of nitrogens with zero attached hydrogens (tertiary/aromatic N) is 2. The molecular weight excluding hydrogens is 396 g/mol. The van der Waals surface area contributed by atoms with Crippen molar-refractivity contribution in [2.24, 2.45) is 0 Å². The lowest BCUT2D eigenvalue weighted by atomic mass is 10.2. The molecule has 0 unspecified atom stereocenters. The Morgan fingerprint density at radius 3 is 2.58 bits per heavy atom. The van der Waals surface area contributed by atoms with E-state index in [0.717, 1.165) is 32.0 Å².